The highest BCUT2D eigenvalue weighted by Gasteiger charge is 2.16. The standard InChI is InChI=1S/C15H21NOS/c1-12-6-5-7-13(10-12)18-11-14(16-2)15-8-3-4-9-17-15/h5-8,10,14,16H,3-4,9,11H2,1-2H3. The highest BCUT2D eigenvalue weighted by Crippen LogP contribution is 2.23. The maximum absolute atomic E-state index is 5.73. The molecule has 0 fully saturated rings. The van der Waals surface area contributed by atoms with Crippen molar-refractivity contribution in [2.24, 2.45) is 0 Å². The van der Waals surface area contributed by atoms with E-state index in [0.717, 1.165) is 31.0 Å². The van der Waals surface area contributed by atoms with Crippen molar-refractivity contribution in [3.63, 3.8) is 0 Å². The number of rotatable bonds is 5. The molecule has 1 aromatic rings. The molecular weight excluding hydrogens is 242 g/mol. The van der Waals surface area contributed by atoms with E-state index in [1.54, 1.807) is 0 Å². The number of nitrogens with one attached hydrogen (secondary N) is 1. The minimum Gasteiger partial charge on any atom is -0.497 e. The third-order valence-electron chi connectivity index (χ3n) is 3.06. The summed E-state index contributed by atoms with van der Waals surface area (Å²) in [5, 5.41) is 3.34. The lowest BCUT2D eigenvalue weighted by Crippen LogP contribution is -2.32. The molecule has 0 saturated carbocycles. The molecule has 0 bridgehead atoms. The second-order valence-corrected chi connectivity index (χ2v) is 5.66. The fraction of sp³-hybridized carbons (Fsp3) is 0.467. The largest absolute Gasteiger partial charge is 0.497 e. The Bertz CT molecular complexity index is 417. The van der Waals surface area contributed by atoms with Crippen molar-refractivity contribution < 1.29 is 4.74 Å². The van der Waals surface area contributed by atoms with Gasteiger partial charge in [0.05, 0.1) is 12.6 Å². The van der Waals surface area contributed by atoms with E-state index in [2.05, 4.69) is 42.6 Å². The van der Waals surface area contributed by atoms with Crippen molar-refractivity contribution in [1.29, 1.82) is 0 Å². The van der Waals surface area contributed by atoms with Gasteiger partial charge in [0.1, 0.15) is 5.76 Å². The van der Waals surface area contributed by atoms with Gasteiger partial charge in [0.2, 0.25) is 0 Å². The summed E-state index contributed by atoms with van der Waals surface area (Å²) < 4.78 is 5.73. The van der Waals surface area contributed by atoms with Gasteiger partial charge in [-0.2, -0.15) is 0 Å². The number of likely N-dealkylation sites (N-methyl/N-ethyl adjacent to an activating group) is 1. The minimum absolute atomic E-state index is 0.316. The van der Waals surface area contributed by atoms with Crippen molar-refractivity contribution in [3.05, 3.63) is 41.7 Å². The van der Waals surface area contributed by atoms with Gasteiger partial charge in [-0.05, 0) is 45.0 Å². The molecular formula is C15H21NOS. The van der Waals surface area contributed by atoms with Crippen LogP contribution in [0.4, 0.5) is 0 Å². The molecule has 1 aromatic carbocycles. The van der Waals surface area contributed by atoms with E-state index in [9.17, 15) is 0 Å². The Morgan fingerprint density at radius 1 is 1.44 bits per heavy atom. The second kappa shape index (κ2) is 6.86. The van der Waals surface area contributed by atoms with E-state index in [-0.39, 0.29) is 0 Å². The Hall–Kier alpha value is -0.930. The van der Waals surface area contributed by atoms with Gasteiger partial charge in [-0.3, -0.25) is 0 Å². The minimum atomic E-state index is 0.316. The summed E-state index contributed by atoms with van der Waals surface area (Å²) in [6, 6.07) is 8.96. The SMILES string of the molecule is CNC(CSc1cccc(C)c1)C1=CCCCO1. The Balaban J connectivity index is 1.92. The zero-order valence-electron chi connectivity index (χ0n) is 11.1. The van der Waals surface area contributed by atoms with E-state index in [1.807, 2.05) is 18.8 Å². The van der Waals surface area contributed by atoms with Crippen molar-refractivity contribution in [2.45, 2.75) is 30.7 Å². The molecule has 1 aliphatic heterocycles. The van der Waals surface area contributed by atoms with Crippen LogP contribution in [0.1, 0.15) is 18.4 Å². The van der Waals surface area contributed by atoms with E-state index in [0.29, 0.717) is 6.04 Å². The molecule has 1 N–H and O–H groups in total. The maximum Gasteiger partial charge on any atom is 0.110 e. The molecule has 1 aliphatic rings. The molecule has 1 heterocycles. The molecule has 1 atom stereocenters. The predicted octanol–water partition coefficient (Wildman–Crippen LogP) is 3.37. The van der Waals surface area contributed by atoms with Gasteiger partial charge >= 0.3 is 0 Å². The molecule has 98 valence electrons. The molecule has 0 saturated heterocycles. The number of hydrogen-bond donors (Lipinski definition) is 1. The van der Waals surface area contributed by atoms with Crippen LogP contribution in [0.15, 0.2) is 41.0 Å². The highest BCUT2D eigenvalue weighted by atomic mass is 32.2. The van der Waals surface area contributed by atoms with Gasteiger partial charge in [-0.25, -0.2) is 0 Å². The molecule has 18 heavy (non-hydrogen) atoms. The van der Waals surface area contributed by atoms with Crippen molar-refractivity contribution in [1.82, 2.24) is 5.32 Å². The monoisotopic (exact) mass is 263 g/mol. The molecule has 3 heteroatoms. The Morgan fingerprint density at radius 2 is 2.33 bits per heavy atom. The zero-order valence-corrected chi connectivity index (χ0v) is 11.9. The summed E-state index contributed by atoms with van der Waals surface area (Å²) >= 11 is 1.88. The first kappa shape index (κ1) is 13.5. The number of thioether (sulfide) groups is 1. The lowest BCUT2D eigenvalue weighted by molar-refractivity contribution is 0.173. The van der Waals surface area contributed by atoms with Crippen molar-refractivity contribution in [3.8, 4) is 0 Å². The van der Waals surface area contributed by atoms with E-state index < -0.39 is 0 Å². The summed E-state index contributed by atoms with van der Waals surface area (Å²) in [6.45, 7) is 2.99. The van der Waals surface area contributed by atoms with E-state index in [1.165, 1.54) is 10.5 Å². The smallest absolute Gasteiger partial charge is 0.110 e. The average Bonchev–Trinajstić information content (AvgIpc) is 2.41. The fourth-order valence-corrected chi connectivity index (χ4v) is 3.15. The third-order valence-corrected chi connectivity index (χ3v) is 4.15. The van der Waals surface area contributed by atoms with Crippen LogP contribution in [0.3, 0.4) is 0 Å². The second-order valence-electron chi connectivity index (χ2n) is 4.57. The molecule has 0 aliphatic carbocycles. The van der Waals surface area contributed by atoms with Crippen LogP contribution < -0.4 is 5.32 Å². The van der Waals surface area contributed by atoms with Crippen LogP contribution >= 0.6 is 11.8 Å². The van der Waals surface area contributed by atoms with Crippen LogP contribution in [0.5, 0.6) is 0 Å². The quantitative estimate of drug-likeness (QED) is 0.823. The van der Waals surface area contributed by atoms with Gasteiger partial charge < -0.3 is 10.1 Å². The number of benzene rings is 1. The van der Waals surface area contributed by atoms with Crippen molar-refractivity contribution >= 4 is 11.8 Å². The summed E-state index contributed by atoms with van der Waals surface area (Å²) in [7, 11) is 2.00. The average molecular weight is 263 g/mol. The lowest BCUT2D eigenvalue weighted by atomic mass is 10.2. The number of ether oxygens (including phenoxy) is 1. The van der Waals surface area contributed by atoms with Crippen LogP contribution in [0, 0.1) is 6.92 Å². The predicted molar refractivity (Wildman–Crippen MR) is 78.0 cm³/mol. The van der Waals surface area contributed by atoms with Crippen LogP contribution in [0.2, 0.25) is 0 Å². The lowest BCUT2D eigenvalue weighted by Gasteiger charge is -2.23. The molecule has 2 nitrogen and oxygen atoms in total. The number of allylic oxidation sites excluding steroid dienone is 1. The van der Waals surface area contributed by atoms with Gasteiger partial charge in [-0.15, -0.1) is 11.8 Å². The Kier molecular flexibility index (Phi) is 5.14. The fourth-order valence-electron chi connectivity index (χ4n) is 2.01. The number of hydrogen-bond acceptors (Lipinski definition) is 3. The zero-order chi connectivity index (χ0) is 12.8. The number of aryl methyl sites for hydroxylation is 1. The highest BCUT2D eigenvalue weighted by molar-refractivity contribution is 7.99. The topological polar surface area (TPSA) is 21.3 Å². The van der Waals surface area contributed by atoms with Gasteiger partial charge in [0, 0.05) is 10.6 Å². The first-order valence-corrected chi connectivity index (χ1v) is 7.48. The summed E-state index contributed by atoms with van der Waals surface area (Å²) in [4.78, 5) is 1.33. The third kappa shape index (κ3) is 3.79. The molecule has 2 rings (SSSR count). The van der Waals surface area contributed by atoms with Crippen molar-refractivity contribution in [2.75, 3.05) is 19.4 Å². The van der Waals surface area contributed by atoms with Crippen LogP contribution in [-0.4, -0.2) is 25.4 Å². The normalized spacial score (nSPS) is 16.9. The molecule has 0 spiro atoms. The summed E-state index contributed by atoms with van der Waals surface area (Å²) in [6.07, 6.45) is 4.51. The molecule has 0 radical (unpaired) electrons. The van der Waals surface area contributed by atoms with Crippen LogP contribution in [-0.2, 0) is 4.74 Å². The summed E-state index contributed by atoms with van der Waals surface area (Å²) in [5.41, 5.74) is 1.31. The van der Waals surface area contributed by atoms with Gasteiger partial charge in [-0.1, -0.05) is 17.7 Å². The summed E-state index contributed by atoms with van der Waals surface area (Å²) in [5.74, 6) is 2.12. The molecule has 1 unspecified atom stereocenters. The first-order valence-electron chi connectivity index (χ1n) is 6.49. The van der Waals surface area contributed by atoms with Gasteiger partial charge in [0.25, 0.3) is 0 Å². The van der Waals surface area contributed by atoms with E-state index in [4.69, 9.17) is 4.74 Å². The molecule has 0 aromatic heterocycles. The van der Waals surface area contributed by atoms with Gasteiger partial charge in [0.15, 0.2) is 0 Å². The maximum atomic E-state index is 5.73. The first-order chi connectivity index (χ1) is 8.79. The Morgan fingerprint density at radius 3 is 3.00 bits per heavy atom. The molecule has 0 amide bonds. The van der Waals surface area contributed by atoms with Crippen LogP contribution in [0.25, 0.3) is 0 Å². The Labute approximate surface area is 114 Å². The van der Waals surface area contributed by atoms with E-state index >= 15 is 0 Å².